The predicted octanol–water partition coefficient (Wildman–Crippen LogP) is 0.638. The van der Waals surface area contributed by atoms with Crippen molar-refractivity contribution in [3.8, 4) is 5.75 Å². The van der Waals surface area contributed by atoms with Gasteiger partial charge in [-0.15, -0.1) is 0 Å². The van der Waals surface area contributed by atoms with Crippen LogP contribution < -0.4 is 16.7 Å². The van der Waals surface area contributed by atoms with Crippen LogP contribution in [0, 0.1) is 6.92 Å². The first-order valence-electron chi connectivity index (χ1n) is 4.91. The molecule has 0 atom stereocenters. The number of nitrogens with zero attached hydrogens (tertiary/aromatic N) is 1. The van der Waals surface area contributed by atoms with Gasteiger partial charge in [-0.1, -0.05) is 0 Å². The second kappa shape index (κ2) is 3.82. The summed E-state index contributed by atoms with van der Waals surface area (Å²) in [5.41, 5.74) is 7.93. The number of carbonyl (C=O) groups excluding carboxylic acids is 1. The zero-order chi connectivity index (χ0) is 12.6. The lowest BCUT2D eigenvalue weighted by atomic mass is 10.1. The highest BCUT2D eigenvalue weighted by atomic mass is 16.3. The SMILES string of the molecule is Cc1cc(=O)n(NC(N)=O)c2cc(O)ccc12. The summed E-state index contributed by atoms with van der Waals surface area (Å²) in [4.78, 5) is 22.5. The van der Waals surface area contributed by atoms with Gasteiger partial charge in [0.25, 0.3) is 5.56 Å². The third-order valence-corrected chi connectivity index (χ3v) is 2.43. The number of aryl methyl sites for hydroxylation is 1. The second-order valence-corrected chi connectivity index (χ2v) is 3.68. The summed E-state index contributed by atoms with van der Waals surface area (Å²) in [6.45, 7) is 1.77. The molecular formula is C11H11N3O3. The van der Waals surface area contributed by atoms with Gasteiger partial charge >= 0.3 is 6.03 Å². The highest BCUT2D eigenvalue weighted by Gasteiger charge is 2.08. The number of phenols is 1. The van der Waals surface area contributed by atoms with Crippen LogP contribution in [0.25, 0.3) is 10.9 Å². The minimum Gasteiger partial charge on any atom is -0.508 e. The van der Waals surface area contributed by atoms with E-state index >= 15 is 0 Å². The molecule has 2 aromatic rings. The van der Waals surface area contributed by atoms with Gasteiger partial charge in [0.2, 0.25) is 0 Å². The minimum absolute atomic E-state index is 0.00233. The fraction of sp³-hybridized carbons (Fsp3) is 0.0909. The van der Waals surface area contributed by atoms with Crippen LogP contribution in [0.5, 0.6) is 5.75 Å². The normalized spacial score (nSPS) is 10.4. The molecule has 1 heterocycles. The van der Waals surface area contributed by atoms with Crippen LogP contribution in [-0.4, -0.2) is 15.8 Å². The second-order valence-electron chi connectivity index (χ2n) is 3.68. The van der Waals surface area contributed by atoms with E-state index in [1.165, 1.54) is 18.2 Å². The molecule has 0 unspecified atom stereocenters. The molecule has 0 saturated heterocycles. The van der Waals surface area contributed by atoms with E-state index in [0.29, 0.717) is 5.52 Å². The number of rotatable bonds is 1. The van der Waals surface area contributed by atoms with Crippen LogP contribution in [0.3, 0.4) is 0 Å². The minimum atomic E-state index is -0.847. The van der Waals surface area contributed by atoms with Gasteiger partial charge < -0.3 is 10.8 Å². The van der Waals surface area contributed by atoms with Crippen LogP contribution in [0.15, 0.2) is 29.1 Å². The summed E-state index contributed by atoms with van der Waals surface area (Å²) in [7, 11) is 0. The number of fused-ring (bicyclic) bond motifs is 1. The number of amides is 2. The van der Waals surface area contributed by atoms with Crippen molar-refractivity contribution in [3.05, 3.63) is 40.2 Å². The summed E-state index contributed by atoms with van der Waals surface area (Å²) in [6.07, 6.45) is 0. The molecular weight excluding hydrogens is 222 g/mol. The first kappa shape index (κ1) is 11.0. The Balaban J connectivity index is 2.85. The van der Waals surface area contributed by atoms with Gasteiger partial charge in [0, 0.05) is 17.5 Å². The Morgan fingerprint density at radius 1 is 1.41 bits per heavy atom. The molecule has 17 heavy (non-hydrogen) atoms. The van der Waals surface area contributed by atoms with Crippen molar-refractivity contribution in [2.24, 2.45) is 5.73 Å². The first-order chi connectivity index (χ1) is 7.99. The predicted molar refractivity (Wildman–Crippen MR) is 63.6 cm³/mol. The Bertz CT molecular complexity index is 661. The number of benzene rings is 1. The number of hydrogen-bond acceptors (Lipinski definition) is 3. The summed E-state index contributed by atoms with van der Waals surface area (Å²) >= 11 is 0. The lowest BCUT2D eigenvalue weighted by Gasteiger charge is -2.11. The molecule has 1 aromatic carbocycles. The lowest BCUT2D eigenvalue weighted by Crippen LogP contribution is -2.36. The molecule has 2 rings (SSSR count). The van der Waals surface area contributed by atoms with Crippen LogP contribution in [0.2, 0.25) is 0 Å². The zero-order valence-electron chi connectivity index (χ0n) is 9.10. The molecule has 0 spiro atoms. The molecule has 88 valence electrons. The maximum Gasteiger partial charge on any atom is 0.331 e. The molecule has 0 bridgehead atoms. The molecule has 0 saturated carbocycles. The highest BCUT2D eigenvalue weighted by Crippen LogP contribution is 2.20. The van der Waals surface area contributed by atoms with E-state index in [2.05, 4.69) is 5.43 Å². The summed E-state index contributed by atoms with van der Waals surface area (Å²) in [5.74, 6) is 0.00233. The Morgan fingerprint density at radius 3 is 2.76 bits per heavy atom. The topological polar surface area (TPSA) is 97.4 Å². The monoisotopic (exact) mass is 233 g/mol. The van der Waals surface area contributed by atoms with Gasteiger partial charge in [0.15, 0.2) is 0 Å². The smallest absolute Gasteiger partial charge is 0.331 e. The van der Waals surface area contributed by atoms with E-state index in [0.717, 1.165) is 15.6 Å². The van der Waals surface area contributed by atoms with E-state index < -0.39 is 11.6 Å². The van der Waals surface area contributed by atoms with E-state index in [9.17, 15) is 14.7 Å². The number of nitrogens with two attached hydrogens (primary N) is 1. The molecule has 0 aliphatic carbocycles. The van der Waals surface area contributed by atoms with Crippen molar-refractivity contribution in [1.29, 1.82) is 0 Å². The van der Waals surface area contributed by atoms with Crippen molar-refractivity contribution in [1.82, 2.24) is 4.68 Å². The maximum absolute atomic E-state index is 11.7. The van der Waals surface area contributed by atoms with Crippen LogP contribution in [-0.2, 0) is 0 Å². The average molecular weight is 233 g/mol. The fourth-order valence-electron chi connectivity index (χ4n) is 1.71. The van der Waals surface area contributed by atoms with Gasteiger partial charge in [-0.3, -0.25) is 4.79 Å². The van der Waals surface area contributed by atoms with E-state index in [-0.39, 0.29) is 5.75 Å². The number of aromatic hydroxyl groups is 1. The number of primary amides is 1. The summed E-state index contributed by atoms with van der Waals surface area (Å²) in [5, 5.41) is 10.2. The number of phenolic OH excluding ortho intramolecular Hbond substituents is 1. The zero-order valence-corrected chi connectivity index (χ0v) is 9.10. The highest BCUT2D eigenvalue weighted by molar-refractivity contribution is 5.87. The Morgan fingerprint density at radius 2 is 2.12 bits per heavy atom. The molecule has 0 fully saturated rings. The van der Waals surface area contributed by atoms with Crippen molar-refractivity contribution in [2.45, 2.75) is 6.92 Å². The van der Waals surface area contributed by atoms with Gasteiger partial charge in [-0.05, 0) is 24.6 Å². The van der Waals surface area contributed by atoms with E-state index in [4.69, 9.17) is 5.73 Å². The Kier molecular flexibility index (Phi) is 2.47. The molecule has 4 N–H and O–H groups in total. The lowest BCUT2D eigenvalue weighted by molar-refractivity contribution is 0.257. The number of aromatic nitrogens is 1. The number of hydrogen-bond donors (Lipinski definition) is 3. The molecule has 6 nitrogen and oxygen atoms in total. The molecule has 0 aliphatic heterocycles. The third-order valence-electron chi connectivity index (χ3n) is 2.43. The molecule has 1 aromatic heterocycles. The Labute approximate surface area is 96.2 Å². The van der Waals surface area contributed by atoms with Gasteiger partial charge in [0.1, 0.15) is 5.75 Å². The van der Waals surface area contributed by atoms with Crippen molar-refractivity contribution in [3.63, 3.8) is 0 Å². The van der Waals surface area contributed by atoms with Crippen molar-refractivity contribution < 1.29 is 9.90 Å². The average Bonchev–Trinajstić information content (AvgIpc) is 2.23. The maximum atomic E-state index is 11.7. The first-order valence-corrected chi connectivity index (χ1v) is 4.91. The Hall–Kier alpha value is -2.50. The van der Waals surface area contributed by atoms with Crippen LogP contribution in [0.4, 0.5) is 4.79 Å². The number of carbonyl (C=O) groups is 1. The number of nitrogens with one attached hydrogen (secondary N) is 1. The van der Waals surface area contributed by atoms with Crippen molar-refractivity contribution >= 4 is 16.9 Å². The number of urea groups is 1. The molecule has 0 radical (unpaired) electrons. The third kappa shape index (κ3) is 1.92. The molecule has 6 heteroatoms. The quantitative estimate of drug-likeness (QED) is 0.674. The molecule has 0 aliphatic rings. The van der Waals surface area contributed by atoms with Gasteiger partial charge in [0.05, 0.1) is 5.52 Å². The van der Waals surface area contributed by atoms with E-state index in [1.807, 2.05) is 0 Å². The molecule has 2 amide bonds. The van der Waals surface area contributed by atoms with E-state index in [1.54, 1.807) is 13.0 Å². The van der Waals surface area contributed by atoms with Gasteiger partial charge in [-0.2, -0.15) is 0 Å². The van der Waals surface area contributed by atoms with Crippen LogP contribution >= 0.6 is 0 Å². The summed E-state index contributed by atoms with van der Waals surface area (Å²) < 4.78 is 1.00. The number of pyridine rings is 1. The standard InChI is InChI=1S/C11H11N3O3/c1-6-4-10(16)14(13-11(12)17)9-5-7(15)2-3-8(6)9/h2-5,15H,1H3,(H3,12,13,17). The largest absolute Gasteiger partial charge is 0.508 e. The van der Waals surface area contributed by atoms with Crippen molar-refractivity contribution in [2.75, 3.05) is 5.43 Å². The van der Waals surface area contributed by atoms with Crippen LogP contribution in [0.1, 0.15) is 5.56 Å². The summed E-state index contributed by atoms with van der Waals surface area (Å²) in [6, 6.07) is 5.10. The van der Waals surface area contributed by atoms with Gasteiger partial charge in [-0.25, -0.2) is 14.9 Å². The fourth-order valence-corrected chi connectivity index (χ4v) is 1.71.